The Kier molecular flexibility index (Phi) is 9.32. The number of halogens is 3. The van der Waals surface area contributed by atoms with E-state index in [2.05, 4.69) is 20.5 Å². The van der Waals surface area contributed by atoms with E-state index in [1.807, 2.05) is 0 Å². The highest BCUT2D eigenvalue weighted by Gasteiger charge is 2.51. The number of rotatable bonds is 10. The number of hydrogen-bond acceptors (Lipinski definition) is 9. The fourth-order valence-electron chi connectivity index (χ4n) is 3.56. The minimum absolute atomic E-state index is 0.0424. The van der Waals surface area contributed by atoms with E-state index in [-0.39, 0.29) is 53.5 Å². The second-order valence-corrected chi connectivity index (χ2v) is 11.6. The number of anilines is 2. The summed E-state index contributed by atoms with van der Waals surface area (Å²) in [6.45, 7) is 5.56. The fraction of sp³-hybridized carbons (Fsp3) is 0.542. The number of amides is 2. The first-order valence-electron chi connectivity index (χ1n) is 12.5. The van der Waals surface area contributed by atoms with Crippen molar-refractivity contribution in [3.8, 4) is 11.6 Å². The molecule has 1 aliphatic heterocycles. The molecule has 0 saturated carbocycles. The number of benzene rings is 1. The number of carbonyl (C=O) groups is 2. The molecule has 2 heterocycles. The Morgan fingerprint density at radius 2 is 1.98 bits per heavy atom. The molecule has 41 heavy (non-hydrogen) atoms. The summed E-state index contributed by atoms with van der Waals surface area (Å²) in [5, 5.41) is 18.5. The molecule has 0 bridgehead atoms. The first-order chi connectivity index (χ1) is 18.9. The Balaban J connectivity index is 2.02. The van der Waals surface area contributed by atoms with Crippen molar-refractivity contribution in [1.29, 1.82) is 0 Å². The molecular weight excluding hydrogens is 575 g/mol. The summed E-state index contributed by atoms with van der Waals surface area (Å²) in [7, 11) is -4.45. The predicted octanol–water partition coefficient (Wildman–Crippen LogP) is 2.64. The average molecular weight is 608 g/mol. The Hall–Kier alpha value is -3.73. The Morgan fingerprint density at radius 1 is 1.29 bits per heavy atom. The second-order valence-electron chi connectivity index (χ2n) is 9.73. The quantitative estimate of drug-likeness (QED) is 0.369. The number of aryl methyl sites for hydroxylation is 1. The molecule has 0 spiro atoms. The third-order valence-electron chi connectivity index (χ3n) is 5.80. The summed E-state index contributed by atoms with van der Waals surface area (Å²) in [4.78, 5) is 23.4. The number of hydrogen-bond donors (Lipinski definition) is 3. The van der Waals surface area contributed by atoms with Crippen molar-refractivity contribution >= 4 is 33.4 Å². The number of alkyl halides is 3. The van der Waals surface area contributed by atoms with E-state index in [4.69, 9.17) is 9.47 Å². The van der Waals surface area contributed by atoms with Crippen LogP contribution in [-0.2, 0) is 26.1 Å². The standard InChI is InChI=1S/C24H32F3N5O8S/c1-6-31-12-20(21(30-31)38-13-14(2)33)41(36,37)32-11-17(10-28-15(3)34)39-19-8-7-16(9-18(19)32)29-22(35)40-23(4,5)24(25,26)27/h7-9,12,14,17,33H,6,10-11,13H2,1-5H3,(H,28,34)(H,29,35)/t14-,17-/m0/s1. The molecule has 3 N–H and O–H groups in total. The lowest BCUT2D eigenvalue weighted by Crippen LogP contribution is -2.48. The Bertz CT molecular complexity index is 1380. The van der Waals surface area contributed by atoms with Crippen LogP contribution in [0.2, 0.25) is 0 Å². The van der Waals surface area contributed by atoms with E-state index in [0.29, 0.717) is 20.4 Å². The molecule has 13 nitrogen and oxygen atoms in total. The number of carbonyl (C=O) groups excluding carboxylic acids is 2. The number of nitrogens with zero attached hydrogens (tertiary/aromatic N) is 3. The number of aliphatic hydroxyl groups excluding tert-OH is 1. The third kappa shape index (κ3) is 7.52. The van der Waals surface area contributed by atoms with Gasteiger partial charge in [0.05, 0.1) is 24.9 Å². The number of aromatic nitrogens is 2. The fourth-order valence-corrected chi connectivity index (χ4v) is 5.13. The van der Waals surface area contributed by atoms with Crippen LogP contribution in [0.3, 0.4) is 0 Å². The summed E-state index contributed by atoms with van der Waals surface area (Å²) < 4.78 is 85.6. The van der Waals surface area contributed by atoms with Crippen molar-refractivity contribution in [3.63, 3.8) is 0 Å². The number of aliphatic hydroxyl groups is 1. The second kappa shape index (κ2) is 12.0. The van der Waals surface area contributed by atoms with Crippen LogP contribution in [0, 0.1) is 0 Å². The van der Waals surface area contributed by atoms with Crippen LogP contribution < -0.4 is 24.4 Å². The molecule has 2 amide bonds. The van der Waals surface area contributed by atoms with E-state index in [1.54, 1.807) is 6.92 Å². The highest BCUT2D eigenvalue weighted by molar-refractivity contribution is 7.93. The van der Waals surface area contributed by atoms with Crippen LogP contribution in [-0.4, -0.2) is 79.0 Å². The zero-order chi connectivity index (χ0) is 30.8. The van der Waals surface area contributed by atoms with E-state index < -0.39 is 40.1 Å². The number of fused-ring (bicyclic) bond motifs is 1. The van der Waals surface area contributed by atoms with Gasteiger partial charge < -0.3 is 24.6 Å². The van der Waals surface area contributed by atoms with Crippen molar-refractivity contribution in [3.05, 3.63) is 24.4 Å². The van der Waals surface area contributed by atoms with Crippen molar-refractivity contribution in [2.24, 2.45) is 0 Å². The van der Waals surface area contributed by atoms with Gasteiger partial charge in [0, 0.05) is 25.4 Å². The summed E-state index contributed by atoms with van der Waals surface area (Å²) in [5.74, 6) is -0.572. The predicted molar refractivity (Wildman–Crippen MR) is 139 cm³/mol. The maximum Gasteiger partial charge on any atom is 0.427 e. The number of sulfonamides is 1. The molecular formula is C24H32F3N5O8S. The maximum absolute atomic E-state index is 14.0. The molecule has 0 saturated heterocycles. The van der Waals surface area contributed by atoms with E-state index in [0.717, 1.165) is 4.31 Å². The molecule has 2 aromatic rings. The minimum atomic E-state index is -4.83. The Morgan fingerprint density at radius 3 is 2.56 bits per heavy atom. The molecule has 17 heteroatoms. The van der Waals surface area contributed by atoms with Crippen LogP contribution in [0.25, 0.3) is 0 Å². The van der Waals surface area contributed by atoms with Crippen LogP contribution in [0.5, 0.6) is 11.6 Å². The van der Waals surface area contributed by atoms with Gasteiger partial charge in [-0.25, -0.2) is 13.2 Å². The molecule has 0 fully saturated rings. The summed E-state index contributed by atoms with van der Waals surface area (Å²) in [6, 6.07) is 3.81. The maximum atomic E-state index is 14.0. The van der Waals surface area contributed by atoms with Gasteiger partial charge in [-0.3, -0.25) is 19.1 Å². The van der Waals surface area contributed by atoms with Gasteiger partial charge in [-0.05, 0) is 45.9 Å². The van der Waals surface area contributed by atoms with Crippen molar-refractivity contribution in [1.82, 2.24) is 15.1 Å². The number of nitrogens with one attached hydrogen (secondary N) is 2. The lowest BCUT2D eigenvalue weighted by molar-refractivity contribution is -0.242. The monoisotopic (exact) mass is 607 g/mol. The van der Waals surface area contributed by atoms with Gasteiger partial charge in [-0.15, -0.1) is 5.10 Å². The van der Waals surface area contributed by atoms with Crippen LogP contribution in [0.4, 0.5) is 29.3 Å². The summed E-state index contributed by atoms with van der Waals surface area (Å²) >= 11 is 0. The highest BCUT2D eigenvalue weighted by atomic mass is 32.2. The van der Waals surface area contributed by atoms with Gasteiger partial charge in [-0.1, -0.05) is 0 Å². The molecule has 2 atom stereocenters. The molecule has 0 unspecified atom stereocenters. The van der Waals surface area contributed by atoms with Gasteiger partial charge in [0.2, 0.25) is 11.5 Å². The number of ether oxygens (including phenoxy) is 3. The van der Waals surface area contributed by atoms with Gasteiger partial charge in [-0.2, -0.15) is 13.2 Å². The zero-order valence-electron chi connectivity index (χ0n) is 23.0. The van der Waals surface area contributed by atoms with Crippen LogP contribution in [0.15, 0.2) is 29.3 Å². The smallest absolute Gasteiger partial charge is 0.427 e. The molecule has 3 rings (SSSR count). The molecule has 0 radical (unpaired) electrons. The molecule has 1 aliphatic rings. The first kappa shape index (κ1) is 31.8. The van der Waals surface area contributed by atoms with Crippen molar-refractivity contribution < 1.29 is 50.5 Å². The van der Waals surface area contributed by atoms with Gasteiger partial charge in [0.25, 0.3) is 15.9 Å². The van der Waals surface area contributed by atoms with E-state index >= 15 is 0 Å². The normalized spacial score (nSPS) is 16.3. The third-order valence-corrected chi connectivity index (χ3v) is 7.56. The van der Waals surface area contributed by atoms with E-state index in [9.17, 15) is 36.3 Å². The largest absolute Gasteiger partial charge is 0.484 e. The van der Waals surface area contributed by atoms with Crippen LogP contribution >= 0.6 is 0 Å². The molecule has 1 aromatic heterocycles. The lowest BCUT2D eigenvalue weighted by atomic mass is 10.1. The molecule has 228 valence electrons. The minimum Gasteiger partial charge on any atom is -0.484 e. The first-order valence-corrected chi connectivity index (χ1v) is 13.9. The van der Waals surface area contributed by atoms with E-state index in [1.165, 1.54) is 42.9 Å². The summed E-state index contributed by atoms with van der Waals surface area (Å²) in [5.41, 5.74) is -2.92. The zero-order valence-corrected chi connectivity index (χ0v) is 23.8. The molecule has 1 aromatic carbocycles. The summed E-state index contributed by atoms with van der Waals surface area (Å²) in [6.07, 6.45) is -6.75. The lowest BCUT2D eigenvalue weighted by Gasteiger charge is -2.35. The molecule has 0 aliphatic carbocycles. The van der Waals surface area contributed by atoms with Crippen LogP contribution in [0.1, 0.15) is 34.6 Å². The Labute approximate surface area is 234 Å². The van der Waals surface area contributed by atoms with Crippen molar-refractivity contribution in [2.45, 2.75) is 70.0 Å². The highest BCUT2D eigenvalue weighted by Crippen LogP contribution is 2.40. The average Bonchev–Trinajstić information content (AvgIpc) is 3.29. The van der Waals surface area contributed by atoms with Gasteiger partial charge in [0.1, 0.15) is 18.5 Å². The van der Waals surface area contributed by atoms with Crippen molar-refractivity contribution in [2.75, 3.05) is 29.3 Å². The van der Waals surface area contributed by atoms with Gasteiger partial charge >= 0.3 is 12.3 Å². The topological polar surface area (TPSA) is 161 Å². The SMILES string of the molecule is CCn1cc(S(=O)(=O)N2C[C@H](CNC(C)=O)Oc3ccc(NC(=O)OC(C)(C)C(F)(F)F)cc32)c(OC[C@H](C)O)n1. The van der Waals surface area contributed by atoms with Gasteiger partial charge in [0.15, 0.2) is 4.90 Å².